The Labute approximate surface area is 99.3 Å². The second-order valence-corrected chi connectivity index (χ2v) is 4.74. The first-order chi connectivity index (χ1) is 7.20. The molecule has 1 heterocycles. The Morgan fingerprint density at radius 2 is 2.13 bits per heavy atom. The van der Waals surface area contributed by atoms with Gasteiger partial charge in [0.2, 0.25) is 0 Å². The number of thiophene rings is 1. The molecule has 4 heteroatoms. The summed E-state index contributed by atoms with van der Waals surface area (Å²) in [5.41, 5.74) is 1.01. The number of benzene rings is 1. The van der Waals surface area contributed by atoms with Gasteiger partial charge >= 0.3 is 0 Å². The van der Waals surface area contributed by atoms with Crippen LogP contribution < -0.4 is 0 Å². The summed E-state index contributed by atoms with van der Waals surface area (Å²) in [4.78, 5) is 0. The normalized spacial score (nSPS) is 12.7. The van der Waals surface area contributed by atoms with Crippen molar-refractivity contribution in [2.75, 3.05) is 0 Å². The van der Waals surface area contributed by atoms with Crippen molar-refractivity contribution in [3.05, 3.63) is 56.4 Å². The van der Waals surface area contributed by atoms with Gasteiger partial charge in [-0.1, -0.05) is 12.1 Å². The zero-order valence-electron chi connectivity index (χ0n) is 7.65. The molecule has 0 saturated heterocycles. The van der Waals surface area contributed by atoms with Gasteiger partial charge < -0.3 is 5.11 Å². The van der Waals surface area contributed by atoms with Crippen molar-refractivity contribution in [3.8, 4) is 0 Å². The summed E-state index contributed by atoms with van der Waals surface area (Å²) in [5.74, 6) is -0.406. The fourth-order valence-corrected chi connectivity index (χ4v) is 2.40. The van der Waals surface area contributed by atoms with Crippen molar-refractivity contribution in [2.24, 2.45) is 0 Å². The molecule has 1 unspecified atom stereocenters. The number of hydrogen-bond acceptors (Lipinski definition) is 2. The number of aliphatic hydroxyl groups excluding tert-OH is 1. The van der Waals surface area contributed by atoms with Crippen molar-refractivity contribution in [1.82, 2.24) is 0 Å². The second-order valence-electron chi connectivity index (χ2n) is 3.10. The summed E-state index contributed by atoms with van der Waals surface area (Å²) < 4.78 is 14.0. The predicted molar refractivity (Wildman–Crippen MR) is 62.5 cm³/mol. The lowest BCUT2D eigenvalue weighted by atomic mass is 10.0. The largest absolute Gasteiger partial charge is 0.384 e. The van der Waals surface area contributed by atoms with E-state index in [1.807, 2.05) is 10.8 Å². The Bertz CT molecular complexity index is 456. The van der Waals surface area contributed by atoms with Crippen LogP contribution in [-0.2, 0) is 0 Å². The SMILES string of the molecule is OC(c1ccsc1)c1cccc(Br)c1F. The molecule has 0 radical (unpaired) electrons. The van der Waals surface area contributed by atoms with Gasteiger partial charge in [-0.3, -0.25) is 0 Å². The zero-order chi connectivity index (χ0) is 10.8. The molecule has 2 rings (SSSR count). The van der Waals surface area contributed by atoms with E-state index in [1.165, 1.54) is 11.3 Å². The summed E-state index contributed by atoms with van der Waals surface area (Å²) in [6, 6.07) is 6.69. The highest BCUT2D eigenvalue weighted by Gasteiger charge is 2.16. The first-order valence-corrected chi connectivity index (χ1v) is 6.08. The van der Waals surface area contributed by atoms with Crippen molar-refractivity contribution in [1.29, 1.82) is 0 Å². The fourth-order valence-electron chi connectivity index (χ4n) is 1.34. The van der Waals surface area contributed by atoms with Crippen LogP contribution in [0.1, 0.15) is 17.2 Å². The molecule has 1 aromatic carbocycles. The number of hydrogen-bond donors (Lipinski definition) is 1. The molecule has 15 heavy (non-hydrogen) atoms. The van der Waals surface area contributed by atoms with Gasteiger partial charge in [-0.25, -0.2) is 4.39 Å². The molecular formula is C11H8BrFOS. The molecule has 1 atom stereocenters. The molecule has 0 aliphatic heterocycles. The first-order valence-electron chi connectivity index (χ1n) is 4.34. The monoisotopic (exact) mass is 286 g/mol. The van der Waals surface area contributed by atoms with E-state index >= 15 is 0 Å². The Hall–Kier alpha value is -0.710. The summed E-state index contributed by atoms with van der Waals surface area (Å²) in [5, 5.41) is 13.6. The molecule has 0 amide bonds. The minimum absolute atomic E-state index is 0.294. The van der Waals surface area contributed by atoms with Crippen LogP contribution in [0.15, 0.2) is 39.5 Å². The maximum Gasteiger partial charge on any atom is 0.143 e. The molecule has 1 N–H and O–H groups in total. The lowest BCUT2D eigenvalue weighted by Gasteiger charge is -2.10. The van der Waals surface area contributed by atoms with E-state index in [0.717, 1.165) is 5.56 Å². The third kappa shape index (κ3) is 2.12. The van der Waals surface area contributed by atoms with E-state index in [0.29, 0.717) is 10.0 Å². The van der Waals surface area contributed by atoms with Gasteiger partial charge in [-0.2, -0.15) is 11.3 Å². The van der Waals surface area contributed by atoms with E-state index in [-0.39, 0.29) is 0 Å². The molecule has 0 spiro atoms. The quantitative estimate of drug-likeness (QED) is 0.892. The Morgan fingerprint density at radius 3 is 2.80 bits per heavy atom. The standard InChI is InChI=1S/C11H8BrFOS/c12-9-3-1-2-8(10(9)13)11(14)7-4-5-15-6-7/h1-6,11,14H. The lowest BCUT2D eigenvalue weighted by molar-refractivity contribution is 0.215. The maximum absolute atomic E-state index is 13.6. The molecule has 0 fully saturated rings. The minimum Gasteiger partial charge on any atom is -0.384 e. The van der Waals surface area contributed by atoms with Crippen LogP contribution in [0.4, 0.5) is 4.39 Å². The number of halogens is 2. The molecule has 78 valence electrons. The van der Waals surface area contributed by atoms with Crippen LogP contribution in [-0.4, -0.2) is 5.11 Å². The van der Waals surface area contributed by atoms with Crippen molar-refractivity contribution in [3.63, 3.8) is 0 Å². The molecule has 0 saturated carbocycles. The summed E-state index contributed by atoms with van der Waals surface area (Å²) in [7, 11) is 0. The molecule has 0 bridgehead atoms. The Balaban J connectivity index is 2.42. The van der Waals surface area contributed by atoms with Crippen molar-refractivity contribution < 1.29 is 9.50 Å². The molecule has 1 aromatic heterocycles. The smallest absolute Gasteiger partial charge is 0.143 e. The summed E-state index contributed by atoms with van der Waals surface area (Å²) >= 11 is 4.57. The topological polar surface area (TPSA) is 20.2 Å². The number of rotatable bonds is 2. The van der Waals surface area contributed by atoms with Crippen LogP contribution in [0.2, 0.25) is 0 Å². The molecule has 0 aliphatic carbocycles. The van der Waals surface area contributed by atoms with Gasteiger partial charge in [0.05, 0.1) is 4.47 Å². The van der Waals surface area contributed by atoms with Crippen LogP contribution >= 0.6 is 27.3 Å². The van der Waals surface area contributed by atoms with Crippen LogP contribution in [0.3, 0.4) is 0 Å². The van der Waals surface area contributed by atoms with Crippen LogP contribution in [0, 0.1) is 5.82 Å². The average Bonchev–Trinajstić information content (AvgIpc) is 2.74. The van der Waals surface area contributed by atoms with Crippen molar-refractivity contribution in [2.45, 2.75) is 6.10 Å². The number of aliphatic hydroxyl groups is 1. The maximum atomic E-state index is 13.6. The second kappa shape index (κ2) is 4.43. The van der Waals surface area contributed by atoms with Crippen molar-refractivity contribution >= 4 is 27.3 Å². The van der Waals surface area contributed by atoms with Gasteiger partial charge in [0.15, 0.2) is 0 Å². The predicted octanol–water partition coefficient (Wildman–Crippen LogP) is 3.73. The van der Waals surface area contributed by atoms with Gasteiger partial charge in [0, 0.05) is 5.56 Å². The van der Waals surface area contributed by atoms with Gasteiger partial charge in [-0.05, 0) is 44.4 Å². The highest BCUT2D eigenvalue weighted by molar-refractivity contribution is 9.10. The molecular weight excluding hydrogens is 279 g/mol. The van der Waals surface area contributed by atoms with Gasteiger partial charge in [-0.15, -0.1) is 0 Å². The average molecular weight is 287 g/mol. The van der Waals surface area contributed by atoms with E-state index in [4.69, 9.17) is 0 Å². The Morgan fingerprint density at radius 1 is 1.33 bits per heavy atom. The van der Waals surface area contributed by atoms with E-state index < -0.39 is 11.9 Å². The summed E-state index contributed by atoms with van der Waals surface area (Å²) in [6.07, 6.45) is -0.895. The fraction of sp³-hybridized carbons (Fsp3) is 0.0909. The van der Waals surface area contributed by atoms with Crippen LogP contribution in [0.25, 0.3) is 0 Å². The van der Waals surface area contributed by atoms with Crippen LogP contribution in [0.5, 0.6) is 0 Å². The minimum atomic E-state index is -0.895. The van der Waals surface area contributed by atoms with E-state index in [9.17, 15) is 9.50 Å². The molecule has 1 nitrogen and oxygen atoms in total. The highest BCUT2D eigenvalue weighted by Crippen LogP contribution is 2.29. The zero-order valence-corrected chi connectivity index (χ0v) is 10.1. The summed E-state index contributed by atoms with van der Waals surface area (Å²) in [6.45, 7) is 0. The van der Waals surface area contributed by atoms with Gasteiger partial charge in [0.25, 0.3) is 0 Å². The third-order valence-electron chi connectivity index (χ3n) is 2.13. The third-order valence-corrected chi connectivity index (χ3v) is 3.45. The molecule has 0 aliphatic rings. The molecule has 2 aromatic rings. The van der Waals surface area contributed by atoms with E-state index in [1.54, 1.807) is 24.3 Å². The Kier molecular flexibility index (Phi) is 3.19. The lowest BCUT2D eigenvalue weighted by Crippen LogP contribution is -2.01. The highest BCUT2D eigenvalue weighted by atomic mass is 79.9. The first kappa shape index (κ1) is 10.8. The van der Waals surface area contributed by atoms with E-state index in [2.05, 4.69) is 15.9 Å². The van der Waals surface area contributed by atoms with Gasteiger partial charge in [0.1, 0.15) is 11.9 Å².